The van der Waals surface area contributed by atoms with Crippen LogP contribution in [-0.2, 0) is 22.4 Å². The van der Waals surface area contributed by atoms with Crippen LogP contribution in [0, 0.1) is 0 Å². The molecule has 1 saturated heterocycles. The maximum atomic E-state index is 13.3. The zero-order valence-electron chi connectivity index (χ0n) is 16.9. The average molecular weight is 427 g/mol. The molecule has 0 bridgehead atoms. The number of para-hydroxylation sites is 1. The molecule has 29 heavy (non-hydrogen) atoms. The third kappa shape index (κ3) is 4.65. The first kappa shape index (κ1) is 20.4. The van der Waals surface area contributed by atoms with E-state index < -0.39 is 0 Å². The van der Waals surface area contributed by atoms with Crippen molar-refractivity contribution < 1.29 is 9.53 Å². The van der Waals surface area contributed by atoms with E-state index in [2.05, 4.69) is 43.5 Å². The number of aryl methyl sites for hydroxylation is 1. The van der Waals surface area contributed by atoms with Crippen molar-refractivity contribution in [2.24, 2.45) is 0 Å². The molecule has 6 heteroatoms. The lowest BCUT2D eigenvalue weighted by molar-refractivity contribution is -0.118. The minimum atomic E-state index is 0.0782. The van der Waals surface area contributed by atoms with E-state index in [1.807, 2.05) is 17.0 Å². The van der Waals surface area contributed by atoms with Gasteiger partial charge in [0, 0.05) is 11.5 Å². The summed E-state index contributed by atoms with van der Waals surface area (Å²) in [5.41, 5.74) is 3.27. The molecule has 1 atom stereocenters. The van der Waals surface area contributed by atoms with Crippen LogP contribution in [0.15, 0.2) is 47.4 Å². The number of hydrogen-bond acceptors (Lipinski definition) is 5. The molecule has 1 unspecified atom stereocenters. The van der Waals surface area contributed by atoms with Crippen molar-refractivity contribution in [1.82, 2.24) is 4.98 Å². The van der Waals surface area contributed by atoms with Gasteiger partial charge in [0.05, 0.1) is 29.3 Å². The Morgan fingerprint density at radius 1 is 1.28 bits per heavy atom. The number of hydrogen-bond donors (Lipinski definition) is 0. The second kappa shape index (κ2) is 9.28. The molecular formula is C23H26N2O2S2. The molecule has 1 aromatic heterocycles. The largest absolute Gasteiger partial charge is 0.376 e. The van der Waals surface area contributed by atoms with Crippen LogP contribution in [-0.4, -0.2) is 36.4 Å². The van der Waals surface area contributed by atoms with E-state index in [1.54, 1.807) is 23.1 Å². The molecule has 1 fully saturated rings. The highest BCUT2D eigenvalue weighted by Gasteiger charge is 2.26. The minimum Gasteiger partial charge on any atom is -0.376 e. The van der Waals surface area contributed by atoms with Crippen molar-refractivity contribution in [2.45, 2.75) is 43.6 Å². The molecule has 1 aliphatic rings. The second-order valence-corrected chi connectivity index (χ2v) is 9.17. The summed E-state index contributed by atoms with van der Waals surface area (Å²) in [4.78, 5) is 21.3. The standard InChI is InChI=1S/C23H26N2O2S2/c1-3-17-6-4-8-20-22(17)24-23(29-20)25(15-18-7-5-13-27-18)21(26)14-16-9-11-19(28-2)12-10-16/h4,6,8-12,18H,3,5,7,13-15H2,1-2H3. The lowest BCUT2D eigenvalue weighted by atomic mass is 10.1. The topological polar surface area (TPSA) is 42.4 Å². The van der Waals surface area contributed by atoms with Gasteiger partial charge in [0.1, 0.15) is 0 Å². The Bertz CT molecular complexity index is 978. The molecular weight excluding hydrogens is 400 g/mol. The van der Waals surface area contributed by atoms with Gasteiger partial charge >= 0.3 is 0 Å². The minimum absolute atomic E-state index is 0.0782. The van der Waals surface area contributed by atoms with Crippen LogP contribution in [0.1, 0.15) is 30.9 Å². The Kier molecular flexibility index (Phi) is 6.53. The number of benzene rings is 2. The Labute approximate surface area is 180 Å². The molecule has 1 amide bonds. The Morgan fingerprint density at radius 3 is 2.79 bits per heavy atom. The van der Waals surface area contributed by atoms with Gasteiger partial charge in [-0.25, -0.2) is 4.98 Å². The summed E-state index contributed by atoms with van der Waals surface area (Å²) in [5.74, 6) is 0.0782. The predicted molar refractivity (Wildman–Crippen MR) is 122 cm³/mol. The van der Waals surface area contributed by atoms with Gasteiger partial charge in [-0.15, -0.1) is 11.8 Å². The number of carbonyl (C=O) groups excluding carboxylic acids is 1. The average Bonchev–Trinajstić information content (AvgIpc) is 3.41. The Morgan fingerprint density at radius 2 is 2.10 bits per heavy atom. The first-order valence-electron chi connectivity index (χ1n) is 10.1. The Hall–Kier alpha value is -1.89. The quantitative estimate of drug-likeness (QED) is 0.479. The van der Waals surface area contributed by atoms with Crippen molar-refractivity contribution in [3.63, 3.8) is 0 Å². The molecule has 4 nitrogen and oxygen atoms in total. The maximum Gasteiger partial charge on any atom is 0.233 e. The molecule has 0 saturated carbocycles. The third-order valence-corrected chi connectivity index (χ3v) is 7.12. The van der Waals surface area contributed by atoms with Crippen LogP contribution in [0.4, 0.5) is 5.13 Å². The maximum absolute atomic E-state index is 13.3. The summed E-state index contributed by atoms with van der Waals surface area (Å²) in [7, 11) is 0. The Balaban J connectivity index is 1.62. The summed E-state index contributed by atoms with van der Waals surface area (Å²) in [6.07, 6.45) is 5.51. The number of thioether (sulfide) groups is 1. The molecule has 0 N–H and O–H groups in total. The van der Waals surface area contributed by atoms with Gasteiger partial charge in [-0.2, -0.15) is 0 Å². The summed E-state index contributed by atoms with van der Waals surface area (Å²) < 4.78 is 6.97. The number of thiazole rings is 1. The van der Waals surface area contributed by atoms with Crippen LogP contribution in [0.5, 0.6) is 0 Å². The number of amides is 1. The fraction of sp³-hybridized carbons (Fsp3) is 0.391. The second-order valence-electron chi connectivity index (χ2n) is 7.28. The van der Waals surface area contributed by atoms with Gasteiger partial charge in [-0.05, 0) is 54.8 Å². The molecule has 2 heterocycles. The van der Waals surface area contributed by atoms with Crippen LogP contribution in [0.3, 0.4) is 0 Å². The highest BCUT2D eigenvalue weighted by molar-refractivity contribution is 7.98. The third-order valence-electron chi connectivity index (χ3n) is 5.33. The van der Waals surface area contributed by atoms with Crippen LogP contribution < -0.4 is 4.90 Å². The summed E-state index contributed by atoms with van der Waals surface area (Å²) in [6, 6.07) is 14.5. The molecule has 0 radical (unpaired) electrons. The van der Waals surface area contributed by atoms with Crippen molar-refractivity contribution in [3.05, 3.63) is 53.6 Å². The predicted octanol–water partition coefficient (Wildman–Crippen LogP) is 5.34. The number of ether oxygens (including phenoxy) is 1. The first-order valence-corrected chi connectivity index (χ1v) is 12.2. The smallest absolute Gasteiger partial charge is 0.233 e. The van der Waals surface area contributed by atoms with Gasteiger partial charge in [-0.1, -0.05) is 42.5 Å². The van der Waals surface area contributed by atoms with Crippen molar-refractivity contribution >= 4 is 44.4 Å². The highest BCUT2D eigenvalue weighted by atomic mass is 32.2. The monoisotopic (exact) mass is 426 g/mol. The molecule has 0 spiro atoms. The summed E-state index contributed by atoms with van der Waals surface area (Å²) in [6.45, 7) is 3.49. The molecule has 2 aromatic carbocycles. The summed E-state index contributed by atoms with van der Waals surface area (Å²) in [5, 5.41) is 0.780. The van der Waals surface area contributed by atoms with Gasteiger partial charge in [-0.3, -0.25) is 9.69 Å². The van der Waals surface area contributed by atoms with Crippen LogP contribution in [0.25, 0.3) is 10.2 Å². The van der Waals surface area contributed by atoms with E-state index in [-0.39, 0.29) is 12.0 Å². The fourth-order valence-corrected chi connectivity index (χ4v) is 5.14. The van der Waals surface area contributed by atoms with E-state index >= 15 is 0 Å². The van der Waals surface area contributed by atoms with Crippen molar-refractivity contribution in [3.8, 4) is 0 Å². The number of nitrogens with zero attached hydrogens (tertiary/aromatic N) is 2. The molecule has 4 rings (SSSR count). The van der Waals surface area contributed by atoms with Gasteiger partial charge in [0.25, 0.3) is 0 Å². The van der Waals surface area contributed by atoms with E-state index in [0.29, 0.717) is 13.0 Å². The number of carbonyl (C=O) groups is 1. The molecule has 3 aromatic rings. The first-order chi connectivity index (χ1) is 14.2. The number of aromatic nitrogens is 1. The fourth-order valence-electron chi connectivity index (χ4n) is 3.69. The van der Waals surface area contributed by atoms with Gasteiger partial charge < -0.3 is 4.74 Å². The van der Waals surface area contributed by atoms with Crippen molar-refractivity contribution in [1.29, 1.82) is 0 Å². The van der Waals surface area contributed by atoms with E-state index in [0.717, 1.165) is 46.8 Å². The number of anilines is 1. The zero-order valence-corrected chi connectivity index (χ0v) is 18.5. The van der Waals surface area contributed by atoms with E-state index in [1.165, 1.54) is 10.5 Å². The van der Waals surface area contributed by atoms with Crippen molar-refractivity contribution in [2.75, 3.05) is 24.3 Å². The van der Waals surface area contributed by atoms with E-state index in [9.17, 15) is 4.79 Å². The molecule has 1 aliphatic heterocycles. The van der Waals surface area contributed by atoms with Crippen LogP contribution >= 0.6 is 23.1 Å². The van der Waals surface area contributed by atoms with Gasteiger partial charge in [0.2, 0.25) is 5.91 Å². The lowest BCUT2D eigenvalue weighted by Crippen LogP contribution is -2.38. The number of rotatable bonds is 7. The lowest BCUT2D eigenvalue weighted by Gasteiger charge is -2.23. The van der Waals surface area contributed by atoms with E-state index in [4.69, 9.17) is 9.72 Å². The molecule has 152 valence electrons. The van der Waals surface area contributed by atoms with Crippen LogP contribution in [0.2, 0.25) is 0 Å². The normalized spacial score (nSPS) is 16.4. The SMILES string of the molecule is CCc1cccc2sc(N(CC3CCCO3)C(=O)Cc3ccc(SC)cc3)nc12. The number of fused-ring (bicyclic) bond motifs is 1. The summed E-state index contributed by atoms with van der Waals surface area (Å²) >= 11 is 3.30. The zero-order chi connectivity index (χ0) is 20.2. The van der Waals surface area contributed by atoms with Gasteiger partial charge in [0.15, 0.2) is 5.13 Å². The molecule has 0 aliphatic carbocycles. The highest BCUT2D eigenvalue weighted by Crippen LogP contribution is 2.32.